The predicted molar refractivity (Wildman–Crippen MR) is 53.2 cm³/mol. The van der Waals surface area contributed by atoms with E-state index in [1.54, 1.807) is 6.07 Å². The Morgan fingerprint density at radius 3 is 2.46 bits per heavy atom. The van der Waals surface area contributed by atoms with Crippen LogP contribution >= 0.6 is 11.6 Å². The highest BCUT2D eigenvalue weighted by Gasteiger charge is 2.14. The number of hydrogen-bond acceptors (Lipinski definition) is 3. The van der Waals surface area contributed by atoms with Gasteiger partial charge in [0.05, 0.1) is 0 Å². The van der Waals surface area contributed by atoms with Gasteiger partial charge in [0, 0.05) is 5.69 Å². The second-order valence-electron chi connectivity index (χ2n) is 3.18. The van der Waals surface area contributed by atoms with Gasteiger partial charge in [-0.1, -0.05) is 25.4 Å². The van der Waals surface area contributed by atoms with Crippen molar-refractivity contribution in [2.45, 2.75) is 19.8 Å². The molecule has 0 fully saturated rings. The molecule has 0 saturated heterocycles. The summed E-state index contributed by atoms with van der Waals surface area (Å²) in [5.74, 6) is 0.219. The van der Waals surface area contributed by atoms with E-state index in [4.69, 9.17) is 21.6 Å². The smallest absolute Gasteiger partial charge is 0.423 e. The third-order valence-electron chi connectivity index (χ3n) is 1.73. The molecule has 1 aromatic rings. The zero-order chi connectivity index (χ0) is 10.0. The summed E-state index contributed by atoms with van der Waals surface area (Å²) in [5.41, 5.74) is 1.14. The van der Waals surface area contributed by atoms with Gasteiger partial charge < -0.3 is 10.0 Å². The number of pyridine rings is 1. The van der Waals surface area contributed by atoms with Crippen LogP contribution in [0.15, 0.2) is 12.1 Å². The van der Waals surface area contributed by atoms with Gasteiger partial charge in [0.1, 0.15) is 5.15 Å². The summed E-state index contributed by atoms with van der Waals surface area (Å²) in [6, 6.07) is 3.08. The molecule has 3 nitrogen and oxygen atoms in total. The topological polar surface area (TPSA) is 53.4 Å². The normalized spacial score (nSPS) is 10.6. The Labute approximate surface area is 82.5 Å². The van der Waals surface area contributed by atoms with Crippen molar-refractivity contribution in [2.24, 2.45) is 0 Å². The summed E-state index contributed by atoms with van der Waals surface area (Å²) in [5, 5.41) is 18.1. The molecule has 0 unspecified atom stereocenters. The van der Waals surface area contributed by atoms with Crippen LogP contribution in [0.3, 0.4) is 0 Å². The van der Waals surface area contributed by atoms with Gasteiger partial charge in [-0.25, -0.2) is 4.98 Å². The van der Waals surface area contributed by atoms with E-state index < -0.39 is 7.12 Å². The van der Waals surface area contributed by atoms with Gasteiger partial charge in [-0.15, -0.1) is 0 Å². The van der Waals surface area contributed by atoms with Gasteiger partial charge in [-0.3, -0.25) is 0 Å². The fourth-order valence-corrected chi connectivity index (χ4v) is 1.21. The molecule has 1 heterocycles. The van der Waals surface area contributed by atoms with Crippen LogP contribution in [0.2, 0.25) is 5.15 Å². The fourth-order valence-electron chi connectivity index (χ4n) is 0.983. The number of aromatic nitrogens is 1. The van der Waals surface area contributed by atoms with Gasteiger partial charge in [0.25, 0.3) is 0 Å². The van der Waals surface area contributed by atoms with Gasteiger partial charge in [0.15, 0.2) is 0 Å². The first-order valence-electron chi connectivity index (χ1n) is 4.04. The van der Waals surface area contributed by atoms with Gasteiger partial charge in [-0.2, -0.15) is 0 Å². The highest BCUT2D eigenvalue weighted by molar-refractivity contribution is 6.58. The summed E-state index contributed by atoms with van der Waals surface area (Å²) in [4.78, 5) is 4.06. The van der Waals surface area contributed by atoms with Crippen molar-refractivity contribution in [3.8, 4) is 0 Å². The molecule has 0 aliphatic carbocycles. The van der Waals surface area contributed by atoms with E-state index in [1.807, 2.05) is 13.8 Å². The van der Waals surface area contributed by atoms with Crippen molar-refractivity contribution in [3.63, 3.8) is 0 Å². The van der Waals surface area contributed by atoms with Crippen molar-refractivity contribution >= 4 is 24.2 Å². The van der Waals surface area contributed by atoms with E-state index in [2.05, 4.69) is 4.98 Å². The molecule has 0 aliphatic heterocycles. The molecule has 0 amide bonds. The number of rotatable bonds is 2. The molecular formula is C8H11BClNO2. The van der Waals surface area contributed by atoms with Crippen molar-refractivity contribution in [3.05, 3.63) is 23.0 Å². The molecule has 70 valence electrons. The summed E-state index contributed by atoms with van der Waals surface area (Å²) in [6.07, 6.45) is 0. The monoisotopic (exact) mass is 199 g/mol. The lowest BCUT2D eigenvalue weighted by Crippen LogP contribution is -2.30. The van der Waals surface area contributed by atoms with Crippen LogP contribution in [-0.4, -0.2) is 22.2 Å². The third kappa shape index (κ3) is 2.69. The van der Waals surface area contributed by atoms with Crippen LogP contribution < -0.4 is 5.46 Å². The third-order valence-corrected chi connectivity index (χ3v) is 1.92. The molecule has 1 rings (SSSR count). The van der Waals surface area contributed by atoms with Crippen LogP contribution in [0.4, 0.5) is 0 Å². The van der Waals surface area contributed by atoms with E-state index in [-0.39, 0.29) is 11.1 Å². The van der Waals surface area contributed by atoms with E-state index in [1.165, 1.54) is 6.07 Å². The first kappa shape index (κ1) is 10.5. The molecular weight excluding hydrogens is 188 g/mol. The van der Waals surface area contributed by atoms with Crippen LogP contribution in [0, 0.1) is 0 Å². The SMILES string of the molecule is CC(C)c1cc(B(O)O)cc(Cl)n1. The average molecular weight is 199 g/mol. The quantitative estimate of drug-likeness (QED) is 0.540. The molecule has 0 saturated carbocycles. The zero-order valence-electron chi connectivity index (χ0n) is 7.53. The maximum Gasteiger partial charge on any atom is 0.488 e. The van der Waals surface area contributed by atoms with Crippen LogP contribution in [0.25, 0.3) is 0 Å². The van der Waals surface area contributed by atoms with Crippen LogP contribution in [0.1, 0.15) is 25.5 Å². The van der Waals surface area contributed by atoms with Crippen molar-refractivity contribution in [2.75, 3.05) is 0 Å². The summed E-state index contributed by atoms with van der Waals surface area (Å²) < 4.78 is 0. The second kappa shape index (κ2) is 4.09. The minimum absolute atomic E-state index is 0.219. The number of halogens is 1. The Bertz CT molecular complexity index is 278. The molecule has 0 atom stereocenters. The van der Waals surface area contributed by atoms with E-state index in [0.29, 0.717) is 5.46 Å². The largest absolute Gasteiger partial charge is 0.488 e. The molecule has 1 aromatic heterocycles. The molecule has 0 spiro atoms. The average Bonchev–Trinajstić information content (AvgIpc) is 2.03. The van der Waals surface area contributed by atoms with E-state index >= 15 is 0 Å². The highest BCUT2D eigenvalue weighted by Crippen LogP contribution is 2.12. The van der Waals surface area contributed by atoms with Crippen molar-refractivity contribution < 1.29 is 10.0 Å². The van der Waals surface area contributed by atoms with Crippen LogP contribution in [0.5, 0.6) is 0 Å². The Kier molecular flexibility index (Phi) is 3.30. The second-order valence-corrected chi connectivity index (χ2v) is 3.56. The summed E-state index contributed by atoms with van der Waals surface area (Å²) in [6.45, 7) is 3.93. The predicted octanol–water partition coefficient (Wildman–Crippen LogP) is 0.538. The minimum Gasteiger partial charge on any atom is -0.423 e. The van der Waals surface area contributed by atoms with Gasteiger partial charge in [0.2, 0.25) is 0 Å². The Morgan fingerprint density at radius 2 is 2.00 bits per heavy atom. The van der Waals surface area contributed by atoms with E-state index in [0.717, 1.165) is 5.69 Å². The first-order chi connectivity index (χ1) is 6.00. The van der Waals surface area contributed by atoms with E-state index in [9.17, 15) is 0 Å². The van der Waals surface area contributed by atoms with Gasteiger partial charge >= 0.3 is 7.12 Å². The maximum absolute atomic E-state index is 8.92. The molecule has 2 N–H and O–H groups in total. The Hall–Kier alpha value is -0.575. The highest BCUT2D eigenvalue weighted by atomic mass is 35.5. The molecule has 13 heavy (non-hydrogen) atoms. The van der Waals surface area contributed by atoms with Crippen LogP contribution in [-0.2, 0) is 0 Å². The molecule has 0 aliphatic rings. The summed E-state index contributed by atoms with van der Waals surface area (Å²) in [7, 11) is -1.49. The Balaban J connectivity index is 3.11. The van der Waals surface area contributed by atoms with Gasteiger partial charge in [-0.05, 0) is 23.5 Å². The Morgan fingerprint density at radius 1 is 1.38 bits per heavy atom. The summed E-state index contributed by atoms with van der Waals surface area (Å²) >= 11 is 5.70. The molecule has 0 bridgehead atoms. The molecule has 0 aromatic carbocycles. The maximum atomic E-state index is 8.92. The lowest BCUT2D eigenvalue weighted by atomic mass is 9.80. The lowest BCUT2D eigenvalue weighted by Gasteiger charge is -2.07. The first-order valence-corrected chi connectivity index (χ1v) is 4.42. The number of hydrogen-bond donors (Lipinski definition) is 2. The molecule has 5 heteroatoms. The van der Waals surface area contributed by atoms with Crippen molar-refractivity contribution in [1.82, 2.24) is 4.98 Å². The minimum atomic E-state index is -1.49. The zero-order valence-corrected chi connectivity index (χ0v) is 8.28. The molecule has 0 radical (unpaired) electrons. The van der Waals surface area contributed by atoms with Crippen molar-refractivity contribution in [1.29, 1.82) is 0 Å². The fraction of sp³-hybridized carbons (Fsp3) is 0.375. The lowest BCUT2D eigenvalue weighted by molar-refractivity contribution is 0.425. The standard InChI is InChI=1S/C8H11BClNO2/c1-5(2)7-3-6(9(12)13)4-8(10)11-7/h3-5,12-13H,1-2H3. The number of nitrogens with zero attached hydrogens (tertiary/aromatic N) is 1.